The summed E-state index contributed by atoms with van der Waals surface area (Å²) in [5.74, 6) is -2.31. The van der Waals surface area contributed by atoms with Crippen molar-refractivity contribution in [3.05, 3.63) is 52.9 Å². The monoisotopic (exact) mass is 684 g/mol. The van der Waals surface area contributed by atoms with Gasteiger partial charge in [-0.05, 0) is 86.0 Å². The van der Waals surface area contributed by atoms with Gasteiger partial charge in [-0.15, -0.1) is 0 Å². The lowest BCUT2D eigenvalue weighted by molar-refractivity contribution is -0.228. The third-order valence-electron chi connectivity index (χ3n) is 11.8. The van der Waals surface area contributed by atoms with Crippen molar-refractivity contribution in [2.45, 2.75) is 83.1 Å². The number of rotatable bonds is 8. The molecule has 0 saturated heterocycles. The van der Waals surface area contributed by atoms with Crippen LogP contribution in [0.3, 0.4) is 0 Å². The number of ether oxygens (including phenoxy) is 1. The molecule has 3 N–H and O–H groups in total. The lowest BCUT2D eigenvalue weighted by atomic mass is 9.44. The molecule has 0 aliphatic heterocycles. The number of carbonyl (C=O) groups excluding carboxylic acids is 4. The summed E-state index contributed by atoms with van der Waals surface area (Å²) in [5, 5.41) is 21.0. The van der Waals surface area contributed by atoms with E-state index in [0.29, 0.717) is 42.3 Å². The van der Waals surface area contributed by atoms with Gasteiger partial charge >= 0.3 is 5.97 Å². The summed E-state index contributed by atoms with van der Waals surface area (Å²) in [7, 11) is 1.49. The number of fused-ring (bicyclic) bond motifs is 6. The molecular weight excluding hydrogens is 642 g/mol. The minimum absolute atomic E-state index is 0.0342. The fraction of sp³-hybridized carbons (Fsp3) is 0.571. The predicted molar refractivity (Wildman–Crippen MR) is 175 cm³/mol. The number of allylic oxidation sites excluding steroid dienone is 1. The maximum absolute atomic E-state index is 18.1. The summed E-state index contributed by atoms with van der Waals surface area (Å²) < 4.78 is 39.2. The Kier molecular flexibility index (Phi) is 8.85. The van der Waals surface area contributed by atoms with Crippen LogP contribution in [0.4, 0.5) is 8.78 Å². The molecule has 0 bridgehead atoms. The van der Waals surface area contributed by atoms with Crippen molar-refractivity contribution in [1.82, 2.24) is 20.4 Å². The Balaban J connectivity index is 1.32. The van der Waals surface area contributed by atoms with Crippen LogP contribution in [0.1, 0.15) is 80.9 Å². The van der Waals surface area contributed by atoms with Crippen LogP contribution >= 0.6 is 11.8 Å². The highest BCUT2D eigenvalue weighted by molar-refractivity contribution is 8.13. The zero-order valence-electron chi connectivity index (χ0n) is 27.6. The van der Waals surface area contributed by atoms with Crippen molar-refractivity contribution in [3.8, 4) is 5.69 Å². The van der Waals surface area contributed by atoms with Gasteiger partial charge in [0.1, 0.15) is 11.7 Å². The maximum Gasteiger partial charge on any atom is 0.306 e. The van der Waals surface area contributed by atoms with E-state index in [0.717, 1.165) is 16.8 Å². The molecule has 10 nitrogen and oxygen atoms in total. The van der Waals surface area contributed by atoms with Crippen LogP contribution in [-0.2, 0) is 25.5 Å². The minimum Gasteiger partial charge on any atom is -0.449 e. The number of carbonyl (C=O) groups is 4. The van der Waals surface area contributed by atoms with E-state index in [4.69, 9.17) is 4.74 Å². The van der Waals surface area contributed by atoms with E-state index < -0.39 is 57.1 Å². The van der Waals surface area contributed by atoms with Gasteiger partial charge in [0.15, 0.2) is 5.60 Å². The number of benzene rings is 1. The quantitative estimate of drug-likeness (QED) is 0.347. The summed E-state index contributed by atoms with van der Waals surface area (Å²) in [6.45, 7) is 5.13. The number of aromatic nitrogens is 2. The van der Waals surface area contributed by atoms with Gasteiger partial charge in [-0.2, -0.15) is 5.10 Å². The summed E-state index contributed by atoms with van der Waals surface area (Å²) in [5.41, 5.74) is -2.46. The molecule has 258 valence electrons. The highest BCUT2D eigenvalue weighted by Gasteiger charge is 2.76. The molecule has 0 radical (unpaired) electrons. The zero-order chi connectivity index (χ0) is 34.6. The lowest BCUT2D eigenvalue weighted by Crippen LogP contribution is -2.70. The van der Waals surface area contributed by atoms with E-state index in [1.807, 2.05) is 19.1 Å². The lowest BCUT2D eigenvalue weighted by Gasteiger charge is -2.63. The molecular formula is C35H42F2N4O6S. The molecule has 2 amide bonds. The number of aliphatic hydroxyl groups excluding tert-OH is 1. The Morgan fingerprint density at radius 1 is 1.19 bits per heavy atom. The van der Waals surface area contributed by atoms with Crippen LogP contribution < -0.4 is 10.6 Å². The SMILES string of the molecule is CCC(=O)O[C@]1(C(=O)SCF)CC[C@H]2[C@@H]3CCC4=Cc5c(cnn5-c5cccc(C(=O)NCC(=O)NC)c5)C[C@]4(C)[C@@]3(F)[C@@H](O)C[C@@]21C. The number of esters is 1. The van der Waals surface area contributed by atoms with Crippen molar-refractivity contribution in [1.29, 1.82) is 0 Å². The van der Waals surface area contributed by atoms with Gasteiger partial charge < -0.3 is 20.5 Å². The van der Waals surface area contributed by atoms with E-state index in [2.05, 4.69) is 15.7 Å². The molecule has 2 aromatic rings. The van der Waals surface area contributed by atoms with E-state index in [-0.39, 0.29) is 44.1 Å². The number of hydrogen-bond acceptors (Lipinski definition) is 8. The largest absolute Gasteiger partial charge is 0.449 e. The van der Waals surface area contributed by atoms with Crippen LogP contribution in [0, 0.1) is 22.7 Å². The molecule has 13 heteroatoms. The van der Waals surface area contributed by atoms with Crippen LogP contribution in [-0.4, -0.2) is 74.8 Å². The number of aliphatic hydroxyl groups is 1. The number of alkyl halides is 2. The molecule has 0 spiro atoms. The van der Waals surface area contributed by atoms with Crippen molar-refractivity contribution in [3.63, 3.8) is 0 Å². The first-order valence-electron chi connectivity index (χ1n) is 16.5. The highest BCUT2D eigenvalue weighted by Crippen LogP contribution is 2.71. The third kappa shape index (κ3) is 4.94. The number of nitrogens with one attached hydrogen (secondary N) is 2. The Labute approximate surface area is 282 Å². The normalized spacial score (nSPS) is 33.3. The molecule has 7 atom stereocenters. The maximum atomic E-state index is 18.1. The van der Waals surface area contributed by atoms with E-state index in [1.54, 1.807) is 42.9 Å². The number of likely N-dealkylation sites (N-methyl/N-ethyl adjacent to an activating group) is 1. The number of amides is 2. The molecule has 4 aliphatic rings. The molecule has 48 heavy (non-hydrogen) atoms. The van der Waals surface area contributed by atoms with Gasteiger partial charge in [0.25, 0.3) is 5.91 Å². The first-order valence-corrected chi connectivity index (χ1v) is 17.5. The molecule has 3 saturated carbocycles. The first-order chi connectivity index (χ1) is 22.8. The molecule has 1 heterocycles. The van der Waals surface area contributed by atoms with Gasteiger partial charge in [0.2, 0.25) is 11.0 Å². The first kappa shape index (κ1) is 34.3. The Bertz CT molecular complexity index is 1700. The van der Waals surface area contributed by atoms with Gasteiger partial charge in [-0.3, -0.25) is 19.2 Å². The highest BCUT2D eigenvalue weighted by atomic mass is 32.2. The standard InChI is InChI=1S/C35H42F2N4O6S/c1-5-29(44)47-34(31(46)48-19-36)12-11-24-25-10-9-22-14-26-21(15-32(22,2)35(25,37)27(42)16-33(24,34)3)17-40-41(26)23-8-6-7-20(13-23)30(45)39-18-28(43)38-4/h6-8,13-14,17,24-25,27,42H,5,9-12,15-16,18-19H2,1-4H3,(H,38,43)(H,39,45)/t24-,25-,27-,32-,33-,34-,35-/m0/s1. The number of halogens is 2. The van der Waals surface area contributed by atoms with Crippen LogP contribution in [0.5, 0.6) is 0 Å². The van der Waals surface area contributed by atoms with Crippen molar-refractivity contribution >= 4 is 40.7 Å². The smallest absolute Gasteiger partial charge is 0.306 e. The average molecular weight is 685 g/mol. The van der Waals surface area contributed by atoms with Crippen LogP contribution in [0.25, 0.3) is 11.8 Å². The van der Waals surface area contributed by atoms with Gasteiger partial charge in [0, 0.05) is 35.8 Å². The second-order valence-corrected chi connectivity index (χ2v) is 14.8. The Morgan fingerprint density at radius 3 is 2.67 bits per heavy atom. The summed E-state index contributed by atoms with van der Waals surface area (Å²) in [4.78, 5) is 50.5. The Morgan fingerprint density at radius 2 is 1.96 bits per heavy atom. The number of hydrogen-bond donors (Lipinski definition) is 3. The molecule has 1 aromatic carbocycles. The predicted octanol–water partition coefficient (Wildman–Crippen LogP) is 4.47. The van der Waals surface area contributed by atoms with Crippen LogP contribution in [0.15, 0.2) is 36.0 Å². The third-order valence-corrected chi connectivity index (χ3v) is 12.5. The van der Waals surface area contributed by atoms with Gasteiger partial charge in [0.05, 0.1) is 30.2 Å². The number of nitrogens with zero attached hydrogens (tertiary/aromatic N) is 2. The fourth-order valence-electron chi connectivity index (χ4n) is 9.36. The fourth-order valence-corrected chi connectivity index (χ4v) is 10.1. The van der Waals surface area contributed by atoms with Gasteiger partial charge in [-0.25, -0.2) is 13.5 Å². The van der Waals surface area contributed by atoms with Crippen molar-refractivity contribution < 1.29 is 37.8 Å². The molecule has 3 fully saturated rings. The molecule has 1 aromatic heterocycles. The van der Waals surface area contributed by atoms with E-state index in [1.165, 1.54) is 7.05 Å². The minimum atomic E-state index is -2.05. The van der Waals surface area contributed by atoms with Crippen molar-refractivity contribution in [2.75, 3.05) is 19.6 Å². The molecule has 4 aliphatic carbocycles. The van der Waals surface area contributed by atoms with Crippen LogP contribution in [0.2, 0.25) is 0 Å². The zero-order valence-corrected chi connectivity index (χ0v) is 28.4. The molecule has 6 rings (SSSR count). The Hall–Kier alpha value is -3.58. The second-order valence-electron chi connectivity index (χ2n) is 13.9. The van der Waals surface area contributed by atoms with Crippen molar-refractivity contribution in [2.24, 2.45) is 22.7 Å². The second kappa shape index (κ2) is 12.4. The van der Waals surface area contributed by atoms with E-state index in [9.17, 15) is 28.7 Å². The average Bonchev–Trinajstić information content (AvgIpc) is 3.60. The summed E-state index contributed by atoms with van der Waals surface area (Å²) >= 11 is 0.466. The molecule has 0 unspecified atom stereocenters. The number of thioether (sulfide) groups is 1. The van der Waals surface area contributed by atoms with E-state index >= 15 is 4.39 Å². The van der Waals surface area contributed by atoms with Gasteiger partial charge in [-0.1, -0.05) is 32.4 Å². The summed E-state index contributed by atoms with van der Waals surface area (Å²) in [6.07, 6.45) is 3.92. The topological polar surface area (TPSA) is 140 Å². The summed E-state index contributed by atoms with van der Waals surface area (Å²) in [6, 6.07) is 5.89.